The van der Waals surface area contributed by atoms with E-state index in [9.17, 15) is 14.3 Å². The highest BCUT2D eigenvalue weighted by Gasteiger charge is 2.58. The van der Waals surface area contributed by atoms with Crippen molar-refractivity contribution in [3.8, 4) is 11.1 Å². The molecule has 6 nitrogen and oxygen atoms in total. The van der Waals surface area contributed by atoms with Crippen LogP contribution in [-0.2, 0) is 4.79 Å². The third kappa shape index (κ3) is 3.01. The number of nitrogen functional groups attached to an aromatic ring is 1. The number of hydrogen-bond acceptors (Lipinski definition) is 5. The van der Waals surface area contributed by atoms with Gasteiger partial charge in [-0.1, -0.05) is 6.42 Å². The van der Waals surface area contributed by atoms with Crippen molar-refractivity contribution in [2.24, 2.45) is 17.8 Å². The van der Waals surface area contributed by atoms with Crippen LogP contribution in [-0.4, -0.2) is 27.1 Å². The number of aryl methyl sites for hydroxylation is 1. The lowest BCUT2D eigenvalue weighted by Gasteiger charge is -2.14. The van der Waals surface area contributed by atoms with Crippen LogP contribution < -0.4 is 11.1 Å². The van der Waals surface area contributed by atoms with Gasteiger partial charge in [-0.15, -0.1) is 0 Å². The number of carbonyl (C=O) groups is 1. The van der Waals surface area contributed by atoms with Crippen LogP contribution in [0.4, 0.5) is 15.9 Å². The summed E-state index contributed by atoms with van der Waals surface area (Å²) in [6.07, 6.45) is 7.07. The van der Waals surface area contributed by atoms with E-state index in [4.69, 9.17) is 5.73 Å². The smallest absolute Gasteiger partial charge is 0.229 e. The molecule has 1 amide bonds. The van der Waals surface area contributed by atoms with Gasteiger partial charge >= 0.3 is 0 Å². The summed E-state index contributed by atoms with van der Waals surface area (Å²) in [6, 6.07) is 5.24. The van der Waals surface area contributed by atoms with Crippen molar-refractivity contribution in [3.05, 3.63) is 48.2 Å². The summed E-state index contributed by atoms with van der Waals surface area (Å²) in [5.74, 6) is -0.0648. The second-order valence-corrected chi connectivity index (χ2v) is 8.39. The maximum atomic E-state index is 15.0. The van der Waals surface area contributed by atoms with Crippen LogP contribution in [0.1, 0.15) is 24.8 Å². The first-order valence-corrected chi connectivity index (χ1v) is 10.2. The molecule has 0 bridgehead atoms. The topological polar surface area (TPSA) is 101 Å². The van der Waals surface area contributed by atoms with Crippen LogP contribution in [0.25, 0.3) is 21.9 Å². The predicted octanol–water partition coefficient (Wildman–Crippen LogP) is 3.67. The highest BCUT2D eigenvalue weighted by Crippen LogP contribution is 2.55. The second-order valence-electron chi connectivity index (χ2n) is 8.39. The number of amides is 1. The quantitative estimate of drug-likeness (QED) is 0.576. The van der Waals surface area contributed by atoms with Crippen molar-refractivity contribution in [1.82, 2.24) is 9.97 Å². The summed E-state index contributed by atoms with van der Waals surface area (Å²) in [6.45, 7) is 1.89. The van der Waals surface area contributed by atoms with E-state index in [2.05, 4.69) is 15.3 Å². The van der Waals surface area contributed by atoms with E-state index in [-0.39, 0.29) is 29.3 Å². The molecule has 0 saturated heterocycles. The maximum Gasteiger partial charge on any atom is 0.229 e. The molecule has 5 rings (SSSR count). The van der Waals surface area contributed by atoms with E-state index in [0.29, 0.717) is 27.7 Å². The Morgan fingerprint density at radius 1 is 1.27 bits per heavy atom. The van der Waals surface area contributed by atoms with Gasteiger partial charge in [0.25, 0.3) is 0 Å². The number of pyridine rings is 2. The first-order chi connectivity index (χ1) is 14.5. The number of nitrogens with one attached hydrogen (secondary N) is 1. The first kappa shape index (κ1) is 18.9. The number of aliphatic hydroxyl groups excluding tert-OH is 1. The SMILES string of the molecule is Cc1ccncc1-c1cc2cc(NC(=O)[C@@H]3[C@@H]4CCC[C@@H](O)[C@@H]43)ncc2c(N)c1F. The second kappa shape index (κ2) is 7.02. The van der Waals surface area contributed by atoms with Crippen molar-refractivity contribution >= 4 is 28.2 Å². The molecule has 2 fully saturated rings. The minimum absolute atomic E-state index is 0.0208. The van der Waals surface area contributed by atoms with Crippen LogP contribution in [0, 0.1) is 30.5 Å². The molecule has 4 N–H and O–H groups in total. The third-order valence-electron chi connectivity index (χ3n) is 6.59. The number of nitrogens with zero attached hydrogens (tertiary/aromatic N) is 2. The molecule has 4 atom stereocenters. The number of halogens is 1. The molecule has 0 radical (unpaired) electrons. The van der Waals surface area contributed by atoms with E-state index < -0.39 is 11.9 Å². The molecule has 2 aromatic heterocycles. The van der Waals surface area contributed by atoms with Crippen molar-refractivity contribution < 1.29 is 14.3 Å². The fourth-order valence-electron chi connectivity index (χ4n) is 4.94. The van der Waals surface area contributed by atoms with Crippen LogP contribution in [0.5, 0.6) is 0 Å². The number of aliphatic hydroxyl groups is 1. The molecule has 2 aliphatic rings. The van der Waals surface area contributed by atoms with Crippen molar-refractivity contribution in [1.29, 1.82) is 0 Å². The molecular formula is C23H23FN4O2. The lowest BCUT2D eigenvalue weighted by molar-refractivity contribution is -0.118. The van der Waals surface area contributed by atoms with E-state index in [1.165, 1.54) is 6.20 Å². The normalized spacial score (nSPS) is 25.0. The predicted molar refractivity (Wildman–Crippen MR) is 113 cm³/mol. The van der Waals surface area contributed by atoms with Gasteiger partial charge in [0.1, 0.15) is 5.82 Å². The lowest BCUT2D eigenvalue weighted by atomic mass is 9.98. The molecule has 2 heterocycles. The summed E-state index contributed by atoms with van der Waals surface area (Å²) >= 11 is 0. The summed E-state index contributed by atoms with van der Waals surface area (Å²) in [5, 5.41) is 14.2. The average Bonchev–Trinajstić information content (AvgIpc) is 3.47. The van der Waals surface area contributed by atoms with Crippen LogP contribution in [0.3, 0.4) is 0 Å². The fraction of sp³-hybridized carbons (Fsp3) is 0.348. The molecule has 7 heteroatoms. The minimum Gasteiger partial charge on any atom is -0.396 e. The Labute approximate surface area is 173 Å². The molecular weight excluding hydrogens is 383 g/mol. The van der Waals surface area contributed by atoms with Gasteiger partial charge in [0.2, 0.25) is 5.91 Å². The Hall–Kier alpha value is -3.06. The van der Waals surface area contributed by atoms with Crippen molar-refractivity contribution in [2.75, 3.05) is 11.1 Å². The summed E-state index contributed by atoms with van der Waals surface area (Å²) in [5.41, 5.74) is 8.00. The van der Waals surface area contributed by atoms with Crippen molar-refractivity contribution in [2.45, 2.75) is 32.3 Å². The standard InChI is InChI=1S/C23H23FN4O2/c1-11-5-6-26-9-15(11)14-7-12-8-18(27-10-16(12)22(25)21(14)24)28-23(30)20-13-3-2-4-17(29)19(13)20/h5-10,13,17,19-20,29H,2-4,25H2,1H3,(H,27,28,30)/t13-,17-,19-,20-/m1/s1. The maximum absolute atomic E-state index is 15.0. The van der Waals surface area contributed by atoms with Crippen molar-refractivity contribution in [3.63, 3.8) is 0 Å². The Kier molecular flexibility index (Phi) is 4.43. The lowest BCUT2D eigenvalue weighted by Crippen LogP contribution is -2.19. The summed E-state index contributed by atoms with van der Waals surface area (Å²) < 4.78 is 15.0. The zero-order chi connectivity index (χ0) is 21.0. The van der Waals surface area contributed by atoms with Gasteiger partial charge in [-0.2, -0.15) is 0 Å². The number of carbonyl (C=O) groups excluding carboxylic acids is 1. The number of hydrogen-bond donors (Lipinski definition) is 3. The molecule has 2 aliphatic carbocycles. The average molecular weight is 406 g/mol. The first-order valence-electron chi connectivity index (χ1n) is 10.2. The van der Waals surface area contributed by atoms with E-state index in [0.717, 1.165) is 24.8 Å². The number of fused-ring (bicyclic) bond motifs is 2. The van der Waals surface area contributed by atoms with E-state index in [1.54, 1.807) is 24.5 Å². The zero-order valence-corrected chi connectivity index (χ0v) is 16.6. The fourth-order valence-corrected chi connectivity index (χ4v) is 4.94. The molecule has 0 aliphatic heterocycles. The number of nitrogens with two attached hydrogens (primary N) is 1. The number of anilines is 2. The van der Waals surface area contributed by atoms with Gasteiger partial charge in [0.15, 0.2) is 5.82 Å². The Morgan fingerprint density at radius 3 is 2.87 bits per heavy atom. The molecule has 1 aromatic carbocycles. The van der Waals surface area contributed by atoms with Gasteiger partial charge in [0, 0.05) is 46.9 Å². The Morgan fingerprint density at radius 2 is 2.10 bits per heavy atom. The van der Waals surface area contributed by atoms with E-state index >= 15 is 0 Å². The van der Waals surface area contributed by atoms with Gasteiger partial charge in [-0.05, 0) is 54.8 Å². The monoisotopic (exact) mass is 406 g/mol. The third-order valence-corrected chi connectivity index (χ3v) is 6.59. The molecule has 154 valence electrons. The highest BCUT2D eigenvalue weighted by molar-refractivity contribution is 6.00. The Bertz CT molecular complexity index is 1170. The number of rotatable bonds is 3. The molecule has 2 saturated carbocycles. The van der Waals surface area contributed by atoms with Crippen LogP contribution in [0.15, 0.2) is 36.8 Å². The summed E-state index contributed by atoms with van der Waals surface area (Å²) in [4.78, 5) is 21.1. The number of aromatic nitrogens is 2. The Balaban J connectivity index is 1.47. The van der Waals surface area contributed by atoms with Crippen LogP contribution in [0.2, 0.25) is 0 Å². The van der Waals surface area contributed by atoms with Gasteiger partial charge < -0.3 is 16.2 Å². The highest BCUT2D eigenvalue weighted by atomic mass is 19.1. The zero-order valence-electron chi connectivity index (χ0n) is 16.6. The van der Waals surface area contributed by atoms with Gasteiger partial charge in [0.05, 0.1) is 11.8 Å². The number of benzene rings is 1. The van der Waals surface area contributed by atoms with Crippen LogP contribution >= 0.6 is 0 Å². The largest absolute Gasteiger partial charge is 0.396 e. The molecule has 3 aromatic rings. The van der Waals surface area contributed by atoms with E-state index in [1.807, 2.05) is 13.0 Å². The van der Waals surface area contributed by atoms with Gasteiger partial charge in [-0.25, -0.2) is 9.37 Å². The minimum atomic E-state index is -0.506. The summed E-state index contributed by atoms with van der Waals surface area (Å²) in [7, 11) is 0. The molecule has 0 spiro atoms. The van der Waals surface area contributed by atoms with Gasteiger partial charge in [-0.3, -0.25) is 9.78 Å². The molecule has 30 heavy (non-hydrogen) atoms. The molecule has 0 unspecified atom stereocenters.